The fourth-order valence-corrected chi connectivity index (χ4v) is 1.89. The maximum atomic E-state index is 11.3. The van der Waals surface area contributed by atoms with Gasteiger partial charge in [-0.3, -0.25) is 9.59 Å². The standard InChI is InChI=1S/2C9H18O2/c2*1-6(2)9(10)8(5)11-7(3)4/h2*6-8H,1-5H3. The normalized spacial score (nSPS) is 14.1. The quantitative estimate of drug-likeness (QED) is 0.678. The lowest BCUT2D eigenvalue weighted by molar-refractivity contribution is -0.135. The van der Waals surface area contributed by atoms with Crippen molar-refractivity contribution in [1.82, 2.24) is 0 Å². The van der Waals surface area contributed by atoms with Crippen LogP contribution >= 0.6 is 0 Å². The maximum Gasteiger partial charge on any atom is 0.163 e. The Morgan fingerprint density at radius 1 is 0.545 bits per heavy atom. The molecule has 0 heterocycles. The highest BCUT2D eigenvalue weighted by Crippen LogP contribution is 2.06. The molecule has 0 bridgehead atoms. The highest BCUT2D eigenvalue weighted by atomic mass is 16.5. The van der Waals surface area contributed by atoms with E-state index in [0.717, 1.165) is 0 Å². The van der Waals surface area contributed by atoms with E-state index in [9.17, 15) is 9.59 Å². The number of ketones is 2. The molecule has 0 saturated heterocycles. The van der Waals surface area contributed by atoms with Gasteiger partial charge in [0.25, 0.3) is 0 Å². The summed E-state index contributed by atoms with van der Waals surface area (Å²) in [5.74, 6) is 0.505. The van der Waals surface area contributed by atoms with Crippen LogP contribution in [0.5, 0.6) is 0 Å². The van der Waals surface area contributed by atoms with Gasteiger partial charge in [-0.05, 0) is 41.5 Å². The summed E-state index contributed by atoms with van der Waals surface area (Å²) >= 11 is 0. The third-order valence-corrected chi connectivity index (χ3v) is 2.89. The van der Waals surface area contributed by atoms with E-state index >= 15 is 0 Å². The predicted octanol–water partition coefficient (Wildman–Crippen LogP) is 4.05. The predicted molar refractivity (Wildman–Crippen MR) is 91.1 cm³/mol. The molecular weight excluding hydrogens is 280 g/mol. The largest absolute Gasteiger partial charge is 0.368 e. The first-order valence-corrected chi connectivity index (χ1v) is 8.28. The van der Waals surface area contributed by atoms with Gasteiger partial charge in [0.15, 0.2) is 11.6 Å². The van der Waals surface area contributed by atoms with E-state index < -0.39 is 0 Å². The first-order chi connectivity index (χ1) is 9.89. The third kappa shape index (κ3) is 11.9. The minimum Gasteiger partial charge on any atom is -0.368 e. The van der Waals surface area contributed by atoms with Crippen molar-refractivity contribution in [3.63, 3.8) is 0 Å². The first-order valence-electron chi connectivity index (χ1n) is 8.28. The van der Waals surface area contributed by atoms with Gasteiger partial charge in [0.2, 0.25) is 0 Å². The second-order valence-corrected chi connectivity index (χ2v) is 6.77. The summed E-state index contributed by atoms with van der Waals surface area (Å²) in [6.07, 6.45) is -0.245. The highest BCUT2D eigenvalue weighted by Gasteiger charge is 2.18. The number of Topliss-reactive ketones (excluding diaryl/α,β-unsaturated/α-hetero) is 2. The molecule has 0 fully saturated rings. The lowest BCUT2D eigenvalue weighted by Gasteiger charge is -2.16. The summed E-state index contributed by atoms with van der Waals surface area (Å²) in [6, 6.07) is 0. The first kappa shape index (κ1) is 23.5. The average molecular weight is 316 g/mol. The van der Waals surface area contributed by atoms with Crippen molar-refractivity contribution in [2.24, 2.45) is 11.8 Å². The van der Waals surface area contributed by atoms with Gasteiger partial charge in [-0.15, -0.1) is 0 Å². The Morgan fingerprint density at radius 2 is 0.773 bits per heavy atom. The second-order valence-electron chi connectivity index (χ2n) is 6.77. The molecule has 0 aliphatic heterocycles. The zero-order valence-electron chi connectivity index (χ0n) is 16.1. The molecule has 0 aromatic rings. The number of hydrogen-bond donors (Lipinski definition) is 0. The van der Waals surface area contributed by atoms with Crippen molar-refractivity contribution in [3.8, 4) is 0 Å². The van der Waals surface area contributed by atoms with Crippen LogP contribution in [0, 0.1) is 11.8 Å². The molecule has 22 heavy (non-hydrogen) atoms. The zero-order valence-corrected chi connectivity index (χ0v) is 16.1. The van der Waals surface area contributed by atoms with E-state index in [2.05, 4.69) is 0 Å². The summed E-state index contributed by atoms with van der Waals surface area (Å²) in [5.41, 5.74) is 0. The van der Waals surface area contributed by atoms with Crippen molar-refractivity contribution in [2.45, 2.75) is 93.7 Å². The molecule has 0 rings (SSSR count). The second kappa shape index (κ2) is 11.8. The molecule has 0 saturated carbocycles. The molecular formula is C18H36O4. The van der Waals surface area contributed by atoms with Gasteiger partial charge in [-0.1, -0.05) is 27.7 Å². The van der Waals surface area contributed by atoms with Crippen molar-refractivity contribution >= 4 is 11.6 Å². The van der Waals surface area contributed by atoms with Crippen LogP contribution in [0.4, 0.5) is 0 Å². The van der Waals surface area contributed by atoms with Crippen molar-refractivity contribution in [1.29, 1.82) is 0 Å². The van der Waals surface area contributed by atoms with E-state index in [0.29, 0.717) is 0 Å². The van der Waals surface area contributed by atoms with Gasteiger partial charge >= 0.3 is 0 Å². The van der Waals surface area contributed by atoms with Crippen LogP contribution in [-0.4, -0.2) is 36.0 Å². The maximum absolute atomic E-state index is 11.3. The summed E-state index contributed by atoms with van der Waals surface area (Å²) in [7, 11) is 0. The van der Waals surface area contributed by atoms with Crippen LogP contribution in [0.2, 0.25) is 0 Å². The molecule has 0 aromatic heterocycles. The molecule has 0 amide bonds. The Bertz CT molecular complexity index is 287. The molecule has 0 spiro atoms. The van der Waals surface area contributed by atoms with Crippen LogP contribution in [0.1, 0.15) is 69.2 Å². The Hall–Kier alpha value is -0.740. The lowest BCUT2D eigenvalue weighted by atomic mass is 10.1. The Kier molecular flexibility index (Phi) is 12.6. The van der Waals surface area contributed by atoms with E-state index in [1.54, 1.807) is 0 Å². The zero-order chi connectivity index (χ0) is 18.0. The van der Waals surface area contributed by atoms with Gasteiger partial charge in [-0.25, -0.2) is 0 Å². The van der Waals surface area contributed by atoms with Crippen LogP contribution in [0.25, 0.3) is 0 Å². The highest BCUT2D eigenvalue weighted by molar-refractivity contribution is 5.84. The van der Waals surface area contributed by atoms with Crippen LogP contribution in [0.15, 0.2) is 0 Å². The molecule has 4 nitrogen and oxygen atoms in total. The lowest BCUT2D eigenvalue weighted by Crippen LogP contribution is -2.27. The van der Waals surface area contributed by atoms with E-state index in [1.807, 2.05) is 69.2 Å². The molecule has 0 aliphatic rings. The molecule has 2 unspecified atom stereocenters. The smallest absolute Gasteiger partial charge is 0.163 e. The SMILES string of the molecule is CC(C)OC(C)C(=O)C(C)C.CC(C)OC(C)C(=O)C(C)C. The summed E-state index contributed by atoms with van der Waals surface area (Å²) < 4.78 is 10.6. The van der Waals surface area contributed by atoms with Crippen molar-refractivity contribution in [3.05, 3.63) is 0 Å². The summed E-state index contributed by atoms with van der Waals surface area (Å²) in [4.78, 5) is 22.5. The van der Waals surface area contributed by atoms with Crippen molar-refractivity contribution < 1.29 is 19.1 Å². The number of carbonyl (C=O) groups excluding carboxylic acids is 2. The number of rotatable bonds is 8. The molecule has 0 aliphatic carbocycles. The van der Waals surface area contributed by atoms with E-state index in [-0.39, 0.29) is 47.8 Å². The molecule has 4 heteroatoms. The number of ether oxygens (including phenoxy) is 2. The minimum atomic E-state index is -0.255. The number of carbonyl (C=O) groups is 2. The van der Waals surface area contributed by atoms with Crippen molar-refractivity contribution in [2.75, 3.05) is 0 Å². The van der Waals surface area contributed by atoms with Gasteiger partial charge in [0.05, 0.1) is 12.2 Å². The summed E-state index contributed by atoms with van der Waals surface area (Å²) in [6.45, 7) is 18.9. The monoisotopic (exact) mass is 316 g/mol. The van der Waals surface area contributed by atoms with E-state index in [1.165, 1.54) is 0 Å². The van der Waals surface area contributed by atoms with Crippen LogP contribution in [-0.2, 0) is 19.1 Å². The fourth-order valence-electron chi connectivity index (χ4n) is 1.89. The molecule has 0 radical (unpaired) electrons. The average Bonchev–Trinajstić information content (AvgIpc) is 2.35. The minimum absolute atomic E-state index is 0.0729. The summed E-state index contributed by atoms with van der Waals surface area (Å²) in [5, 5.41) is 0. The third-order valence-electron chi connectivity index (χ3n) is 2.89. The van der Waals surface area contributed by atoms with Gasteiger partial charge < -0.3 is 9.47 Å². The Morgan fingerprint density at radius 3 is 0.909 bits per heavy atom. The molecule has 0 aromatic carbocycles. The number of hydrogen-bond acceptors (Lipinski definition) is 4. The van der Waals surface area contributed by atoms with Gasteiger partial charge in [0.1, 0.15) is 12.2 Å². The molecule has 132 valence electrons. The van der Waals surface area contributed by atoms with Crippen LogP contribution < -0.4 is 0 Å². The Labute approximate surface area is 136 Å². The Balaban J connectivity index is 0. The topological polar surface area (TPSA) is 52.6 Å². The molecule has 2 atom stereocenters. The van der Waals surface area contributed by atoms with Gasteiger partial charge in [0, 0.05) is 11.8 Å². The molecule has 0 N–H and O–H groups in total. The van der Waals surface area contributed by atoms with Crippen LogP contribution in [0.3, 0.4) is 0 Å². The van der Waals surface area contributed by atoms with E-state index in [4.69, 9.17) is 9.47 Å². The van der Waals surface area contributed by atoms with Gasteiger partial charge in [-0.2, -0.15) is 0 Å². The fraction of sp³-hybridized carbons (Fsp3) is 0.889.